The third-order valence-electron chi connectivity index (χ3n) is 3.93. The van der Waals surface area contributed by atoms with E-state index in [0.717, 1.165) is 17.1 Å². The third kappa shape index (κ3) is 5.30. The Kier molecular flexibility index (Phi) is 6.24. The van der Waals surface area contributed by atoms with Gasteiger partial charge in [0.1, 0.15) is 0 Å². The van der Waals surface area contributed by atoms with E-state index in [9.17, 15) is 4.79 Å². The van der Waals surface area contributed by atoms with Crippen molar-refractivity contribution >= 4 is 23.0 Å². The van der Waals surface area contributed by atoms with Crippen molar-refractivity contribution in [2.24, 2.45) is 0 Å². The SMILES string of the molecule is CC(C)c1ccc(NCCC(=O)Nc2ccc(N(C)C)cc2)cc1. The number of hydrogen-bond acceptors (Lipinski definition) is 3. The lowest BCUT2D eigenvalue weighted by Crippen LogP contribution is -2.16. The number of benzene rings is 2. The lowest BCUT2D eigenvalue weighted by atomic mass is 10.0. The van der Waals surface area contributed by atoms with Gasteiger partial charge in [-0.3, -0.25) is 4.79 Å². The molecule has 2 aromatic carbocycles. The molecule has 2 aromatic rings. The number of amides is 1. The first-order valence-corrected chi connectivity index (χ1v) is 8.37. The van der Waals surface area contributed by atoms with Gasteiger partial charge in [-0.2, -0.15) is 0 Å². The molecule has 0 bridgehead atoms. The zero-order chi connectivity index (χ0) is 17.5. The van der Waals surface area contributed by atoms with Gasteiger partial charge in [-0.15, -0.1) is 0 Å². The predicted molar refractivity (Wildman–Crippen MR) is 103 cm³/mol. The maximum atomic E-state index is 12.0. The molecule has 0 atom stereocenters. The van der Waals surface area contributed by atoms with Gasteiger partial charge in [0.2, 0.25) is 5.91 Å². The molecule has 0 aliphatic carbocycles. The Bertz CT molecular complexity index is 646. The monoisotopic (exact) mass is 325 g/mol. The summed E-state index contributed by atoms with van der Waals surface area (Å²) in [6, 6.07) is 16.2. The Morgan fingerprint density at radius 2 is 1.54 bits per heavy atom. The Morgan fingerprint density at radius 3 is 2.08 bits per heavy atom. The fraction of sp³-hybridized carbons (Fsp3) is 0.350. The Hall–Kier alpha value is -2.49. The van der Waals surface area contributed by atoms with E-state index in [2.05, 4.69) is 48.7 Å². The molecule has 4 heteroatoms. The van der Waals surface area contributed by atoms with Gasteiger partial charge >= 0.3 is 0 Å². The Morgan fingerprint density at radius 1 is 0.958 bits per heavy atom. The molecule has 0 unspecified atom stereocenters. The average Bonchev–Trinajstić information content (AvgIpc) is 2.55. The number of carbonyl (C=O) groups is 1. The molecule has 0 aliphatic rings. The fourth-order valence-corrected chi connectivity index (χ4v) is 2.37. The maximum Gasteiger partial charge on any atom is 0.226 e. The quantitative estimate of drug-likeness (QED) is 0.797. The van der Waals surface area contributed by atoms with Crippen molar-refractivity contribution in [2.45, 2.75) is 26.2 Å². The van der Waals surface area contributed by atoms with Crippen LogP contribution in [0.25, 0.3) is 0 Å². The number of nitrogens with one attached hydrogen (secondary N) is 2. The highest BCUT2D eigenvalue weighted by Crippen LogP contribution is 2.17. The topological polar surface area (TPSA) is 44.4 Å². The summed E-state index contributed by atoms with van der Waals surface area (Å²) < 4.78 is 0. The van der Waals surface area contributed by atoms with E-state index in [0.29, 0.717) is 18.9 Å². The standard InChI is InChI=1S/C20H27N3O/c1-15(2)16-5-7-17(8-6-16)21-14-13-20(24)22-18-9-11-19(12-10-18)23(3)4/h5-12,15,21H,13-14H2,1-4H3,(H,22,24). The molecule has 2 N–H and O–H groups in total. The lowest BCUT2D eigenvalue weighted by Gasteiger charge is -2.13. The highest BCUT2D eigenvalue weighted by Gasteiger charge is 2.04. The third-order valence-corrected chi connectivity index (χ3v) is 3.93. The lowest BCUT2D eigenvalue weighted by molar-refractivity contribution is -0.115. The number of nitrogens with zero attached hydrogens (tertiary/aromatic N) is 1. The zero-order valence-electron chi connectivity index (χ0n) is 15.0. The molecule has 0 radical (unpaired) electrons. The van der Waals surface area contributed by atoms with E-state index in [1.807, 2.05) is 43.3 Å². The van der Waals surface area contributed by atoms with Gasteiger partial charge in [-0.25, -0.2) is 0 Å². The molecule has 1 amide bonds. The van der Waals surface area contributed by atoms with Gasteiger partial charge in [-0.05, 0) is 47.9 Å². The van der Waals surface area contributed by atoms with Crippen LogP contribution in [0.1, 0.15) is 31.7 Å². The van der Waals surface area contributed by atoms with Crippen LogP contribution in [0.2, 0.25) is 0 Å². The molecule has 4 nitrogen and oxygen atoms in total. The normalized spacial score (nSPS) is 10.5. The number of hydrogen-bond donors (Lipinski definition) is 2. The van der Waals surface area contributed by atoms with Crippen LogP contribution in [0.5, 0.6) is 0 Å². The molecular weight excluding hydrogens is 298 g/mol. The second-order valence-corrected chi connectivity index (χ2v) is 6.44. The van der Waals surface area contributed by atoms with Crippen LogP contribution in [0, 0.1) is 0 Å². The van der Waals surface area contributed by atoms with Crippen molar-refractivity contribution in [3.8, 4) is 0 Å². The highest BCUT2D eigenvalue weighted by molar-refractivity contribution is 5.91. The summed E-state index contributed by atoms with van der Waals surface area (Å²) in [4.78, 5) is 14.0. The van der Waals surface area contributed by atoms with E-state index in [-0.39, 0.29) is 5.91 Å². The van der Waals surface area contributed by atoms with E-state index in [1.54, 1.807) is 0 Å². The van der Waals surface area contributed by atoms with E-state index >= 15 is 0 Å². The number of anilines is 3. The Balaban J connectivity index is 1.76. The predicted octanol–water partition coefficient (Wildman–Crippen LogP) is 4.32. The first-order valence-electron chi connectivity index (χ1n) is 8.37. The first kappa shape index (κ1) is 17.9. The molecule has 0 fully saturated rings. The van der Waals surface area contributed by atoms with Gasteiger partial charge in [0.05, 0.1) is 0 Å². The van der Waals surface area contributed by atoms with Crippen LogP contribution >= 0.6 is 0 Å². The number of rotatable bonds is 7. The molecule has 24 heavy (non-hydrogen) atoms. The molecule has 0 aliphatic heterocycles. The van der Waals surface area contributed by atoms with Gasteiger partial charge in [-0.1, -0.05) is 26.0 Å². The smallest absolute Gasteiger partial charge is 0.226 e. The van der Waals surface area contributed by atoms with E-state index < -0.39 is 0 Å². The van der Waals surface area contributed by atoms with Crippen LogP contribution in [-0.4, -0.2) is 26.5 Å². The van der Waals surface area contributed by atoms with Crippen LogP contribution in [0.4, 0.5) is 17.1 Å². The van der Waals surface area contributed by atoms with Crippen molar-refractivity contribution in [1.29, 1.82) is 0 Å². The maximum absolute atomic E-state index is 12.0. The van der Waals surface area contributed by atoms with Gasteiger partial charge in [0.25, 0.3) is 0 Å². The van der Waals surface area contributed by atoms with Gasteiger partial charge in [0, 0.05) is 44.1 Å². The zero-order valence-corrected chi connectivity index (χ0v) is 15.0. The first-order chi connectivity index (χ1) is 11.5. The van der Waals surface area contributed by atoms with Crippen LogP contribution in [0.15, 0.2) is 48.5 Å². The summed E-state index contributed by atoms with van der Waals surface area (Å²) >= 11 is 0. The largest absolute Gasteiger partial charge is 0.385 e. The fourth-order valence-electron chi connectivity index (χ4n) is 2.37. The average molecular weight is 325 g/mol. The van der Waals surface area contributed by atoms with Crippen LogP contribution in [-0.2, 0) is 4.79 Å². The van der Waals surface area contributed by atoms with E-state index in [4.69, 9.17) is 0 Å². The van der Waals surface area contributed by atoms with E-state index in [1.165, 1.54) is 5.56 Å². The second kappa shape index (κ2) is 8.39. The molecule has 0 spiro atoms. The summed E-state index contributed by atoms with van der Waals surface area (Å²) in [7, 11) is 3.99. The highest BCUT2D eigenvalue weighted by atomic mass is 16.1. The van der Waals surface area contributed by atoms with Gasteiger partial charge in [0.15, 0.2) is 0 Å². The molecule has 2 rings (SSSR count). The minimum Gasteiger partial charge on any atom is -0.385 e. The minimum atomic E-state index is 0.0129. The van der Waals surface area contributed by atoms with Crippen LogP contribution in [0.3, 0.4) is 0 Å². The summed E-state index contributed by atoms with van der Waals surface area (Å²) in [5, 5.41) is 6.20. The van der Waals surface area contributed by atoms with Crippen molar-refractivity contribution < 1.29 is 4.79 Å². The second-order valence-electron chi connectivity index (χ2n) is 6.44. The summed E-state index contributed by atoms with van der Waals surface area (Å²) in [6.07, 6.45) is 0.432. The van der Waals surface area contributed by atoms with Crippen molar-refractivity contribution in [1.82, 2.24) is 0 Å². The Labute approximate surface area is 144 Å². The molecule has 128 valence electrons. The van der Waals surface area contributed by atoms with Crippen molar-refractivity contribution in [2.75, 3.05) is 36.2 Å². The van der Waals surface area contributed by atoms with Gasteiger partial charge < -0.3 is 15.5 Å². The van der Waals surface area contributed by atoms with Crippen molar-refractivity contribution in [3.05, 3.63) is 54.1 Å². The summed E-state index contributed by atoms with van der Waals surface area (Å²) in [5.41, 5.74) is 4.30. The minimum absolute atomic E-state index is 0.0129. The molecule has 0 saturated carbocycles. The molecular formula is C20H27N3O. The number of carbonyl (C=O) groups excluding carboxylic acids is 1. The van der Waals surface area contributed by atoms with Crippen molar-refractivity contribution in [3.63, 3.8) is 0 Å². The summed E-state index contributed by atoms with van der Waals surface area (Å²) in [5.74, 6) is 0.544. The van der Waals surface area contributed by atoms with Crippen LogP contribution < -0.4 is 15.5 Å². The molecule has 0 aromatic heterocycles. The molecule has 0 heterocycles. The molecule has 0 saturated heterocycles. The summed E-state index contributed by atoms with van der Waals surface area (Å²) in [6.45, 7) is 4.97.